The van der Waals surface area contributed by atoms with E-state index in [-0.39, 0.29) is 16.1 Å². The fourth-order valence-corrected chi connectivity index (χ4v) is 3.98. The summed E-state index contributed by atoms with van der Waals surface area (Å²) in [6, 6.07) is 7.30. The molecule has 162 valence electrons. The molecular weight excluding hydrogens is 406 g/mol. The summed E-state index contributed by atoms with van der Waals surface area (Å²) in [4.78, 5) is 23.9. The number of nitro groups is 1. The number of hydrogen-bond donors (Lipinski definition) is 1. The number of benzene rings is 2. The zero-order chi connectivity index (χ0) is 23.0. The number of carbonyl (C=O) groups excluding carboxylic acids is 1. The maximum Gasteiger partial charge on any atom is 0.273 e. The summed E-state index contributed by atoms with van der Waals surface area (Å²) in [5.41, 5.74) is 1.79. The van der Waals surface area contributed by atoms with Gasteiger partial charge in [-0.3, -0.25) is 14.9 Å². The van der Waals surface area contributed by atoms with Crippen LogP contribution >= 0.6 is 0 Å². The van der Waals surface area contributed by atoms with Crippen LogP contribution in [0.3, 0.4) is 0 Å². The van der Waals surface area contributed by atoms with Gasteiger partial charge in [-0.2, -0.15) is 0 Å². The number of amides is 1. The number of carbonyl (C=O) groups is 1. The number of aryl methyl sites for hydroxylation is 1. The van der Waals surface area contributed by atoms with Crippen LogP contribution in [0.15, 0.2) is 35.2 Å². The minimum absolute atomic E-state index is 0.0555. The first-order chi connectivity index (χ1) is 13.7. The van der Waals surface area contributed by atoms with Gasteiger partial charge in [0.2, 0.25) is 10.0 Å². The number of nitro benzene ring substituents is 1. The van der Waals surface area contributed by atoms with E-state index in [9.17, 15) is 23.3 Å². The average Bonchev–Trinajstić information content (AvgIpc) is 2.63. The minimum Gasteiger partial charge on any atom is -0.322 e. The number of anilines is 1. The van der Waals surface area contributed by atoms with Crippen molar-refractivity contribution in [3.8, 4) is 0 Å². The number of sulfonamides is 1. The summed E-state index contributed by atoms with van der Waals surface area (Å²) in [5, 5.41) is 14.2. The van der Waals surface area contributed by atoms with Gasteiger partial charge in [0.15, 0.2) is 0 Å². The van der Waals surface area contributed by atoms with Gasteiger partial charge >= 0.3 is 0 Å². The van der Waals surface area contributed by atoms with Crippen molar-refractivity contribution in [2.75, 3.05) is 19.4 Å². The molecule has 2 rings (SSSR count). The predicted octanol–water partition coefficient (Wildman–Crippen LogP) is 4.01. The van der Waals surface area contributed by atoms with E-state index < -0.39 is 26.3 Å². The molecule has 2 aromatic rings. The van der Waals surface area contributed by atoms with Crippen LogP contribution in [0, 0.1) is 24.0 Å². The lowest BCUT2D eigenvalue weighted by molar-refractivity contribution is -0.386. The molecule has 9 heteroatoms. The van der Waals surface area contributed by atoms with Gasteiger partial charge in [0.1, 0.15) is 0 Å². The quantitative estimate of drug-likeness (QED) is 0.566. The summed E-state index contributed by atoms with van der Waals surface area (Å²) in [5.74, 6) is -0.555. The Kier molecular flexibility index (Phi) is 6.39. The monoisotopic (exact) mass is 433 g/mol. The maximum absolute atomic E-state index is 12.8. The van der Waals surface area contributed by atoms with Crippen molar-refractivity contribution >= 4 is 27.3 Å². The van der Waals surface area contributed by atoms with Crippen molar-refractivity contribution in [2.24, 2.45) is 0 Å². The minimum atomic E-state index is -3.69. The zero-order valence-electron chi connectivity index (χ0n) is 18.2. The third-order valence-corrected chi connectivity index (χ3v) is 6.73. The largest absolute Gasteiger partial charge is 0.322 e. The van der Waals surface area contributed by atoms with E-state index in [1.807, 2.05) is 20.8 Å². The van der Waals surface area contributed by atoms with E-state index in [2.05, 4.69) is 5.32 Å². The highest BCUT2D eigenvalue weighted by atomic mass is 32.2. The average molecular weight is 434 g/mol. The molecule has 1 amide bonds. The lowest BCUT2D eigenvalue weighted by atomic mass is 9.85. The first-order valence-corrected chi connectivity index (χ1v) is 10.7. The van der Waals surface area contributed by atoms with E-state index in [1.54, 1.807) is 26.0 Å². The summed E-state index contributed by atoms with van der Waals surface area (Å²) in [6.07, 6.45) is 0. The van der Waals surface area contributed by atoms with Crippen LogP contribution in [0.5, 0.6) is 0 Å². The van der Waals surface area contributed by atoms with Gasteiger partial charge in [0.25, 0.3) is 11.6 Å². The fraction of sp³-hybridized carbons (Fsp3) is 0.381. The zero-order valence-corrected chi connectivity index (χ0v) is 19.0. The van der Waals surface area contributed by atoms with Crippen molar-refractivity contribution in [3.63, 3.8) is 0 Å². The van der Waals surface area contributed by atoms with Crippen LogP contribution in [0.4, 0.5) is 11.4 Å². The topological polar surface area (TPSA) is 110 Å². The maximum atomic E-state index is 12.8. The highest BCUT2D eigenvalue weighted by Gasteiger charge is 2.26. The Morgan fingerprint density at radius 3 is 2.20 bits per heavy atom. The van der Waals surface area contributed by atoms with E-state index in [1.165, 1.54) is 32.3 Å². The third-order valence-electron chi connectivity index (χ3n) is 4.93. The molecule has 0 saturated heterocycles. The predicted molar refractivity (Wildman–Crippen MR) is 117 cm³/mol. The normalized spacial score (nSPS) is 12.1. The molecule has 0 aliphatic rings. The van der Waals surface area contributed by atoms with E-state index in [4.69, 9.17) is 0 Å². The fourth-order valence-electron chi connectivity index (χ4n) is 2.97. The third kappa shape index (κ3) is 4.68. The Balaban J connectivity index is 2.49. The highest BCUT2D eigenvalue weighted by Crippen LogP contribution is 2.32. The molecule has 2 aromatic carbocycles. The first kappa shape index (κ1) is 23.5. The van der Waals surface area contributed by atoms with Crippen LogP contribution < -0.4 is 5.32 Å². The first-order valence-electron chi connectivity index (χ1n) is 9.30. The standard InChI is InChI=1S/C21H27N3O5S/c1-13-10-16(30(28,29)23(6)7)12-18(14(13)2)22-20(25)15-8-9-17(21(3,4)5)19(11-15)24(26)27/h8-12H,1-7H3,(H,22,25). The number of hydrogen-bond acceptors (Lipinski definition) is 5. The Morgan fingerprint density at radius 2 is 1.70 bits per heavy atom. The highest BCUT2D eigenvalue weighted by molar-refractivity contribution is 7.89. The molecule has 0 unspecified atom stereocenters. The van der Waals surface area contributed by atoms with Crippen LogP contribution in [-0.4, -0.2) is 37.6 Å². The molecule has 0 aliphatic carbocycles. The van der Waals surface area contributed by atoms with E-state index in [0.717, 1.165) is 4.31 Å². The van der Waals surface area contributed by atoms with Crippen LogP contribution in [0.25, 0.3) is 0 Å². The molecule has 30 heavy (non-hydrogen) atoms. The summed E-state index contributed by atoms with van der Waals surface area (Å²) < 4.78 is 26.1. The molecule has 8 nitrogen and oxygen atoms in total. The molecule has 0 heterocycles. The summed E-state index contributed by atoms with van der Waals surface area (Å²) >= 11 is 0. The van der Waals surface area contributed by atoms with Crippen LogP contribution in [0.2, 0.25) is 0 Å². The van der Waals surface area contributed by atoms with E-state index in [0.29, 0.717) is 22.4 Å². The van der Waals surface area contributed by atoms with Gasteiger partial charge < -0.3 is 5.32 Å². The van der Waals surface area contributed by atoms with Gasteiger partial charge in [-0.1, -0.05) is 26.8 Å². The second-order valence-electron chi connectivity index (χ2n) is 8.39. The number of rotatable bonds is 5. The molecule has 0 aromatic heterocycles. The van der Waals surface area contributed by atoms with Crippen molar-refractivity contribution in [1.82, 2.24) is 4.31 Å². The Hall–Kier alpha value is -2.78. The molecule has 0 bridgehead atoms. The summed E-state index contributed by atoms with van der Waals surface area (Å²) in [6.45, 7) is 9.10. The van der Waals surface area contributed by atoms with Gasteiger partial charge in [0.05, 0.1) is 9.82 Å². The Morgan fingerprint density at radius 1 is 1.10 bits per heavy atom. The van der Waals surface area contributed by atoms with Crippen molar-refractivity contribution in [3.05, 3.63) is 62.7 Å². The van der Waals surface area contributed by atoms with Gasteiger partial charge in [-0.05, 0) is 48.6 Å². The lowest BCUT2D eigenvalue weighted by Crippen LogP contribution is -2.23. The Labute approximate surface area is 177 Å². The molecule has 0 fully saturated rings. The van der Waals surface area contributed by atoms with Crippen LogP contribution in [-0.2, 0) is 15.4 Å². The van der Waals surface area contributed by atoms with Gasteiger partial charge in [-0.15, -0.1) is 0 Å². The molecule has 0 aliphatic heterocycles. The van der Waals surface area contributed by atoms with E-state index >= 15 is 0 Å². The molecule has 0 atom stereocenters. The Bertz CT molecular complexity index is 1120. The lowest BCUT2D eigenvalue weighted by Gasteiger charge is -2.19. The van der Waals surface area contributed by atoms with Crippen molar-refractivity contribution in [2.45, 2.75) is 44.9 Å². The van der Waals surface area contributed by atoms with Crippen LogP contribution in [0.1, 0.15) is 47.8 Å². The molecule has 0 saturated carbocycles. The molecular formula is C21H27N3O5S. The van der Waals surface area contributed by atoms with Crippen molar-refractivity contribution in [1.29, 1.82) is 0 Å². The SMILES string of the molecule is Cc1cc(S(=O)(=O)N(C)C)cc(NC(=O)c2ccc(C(C)(C)C)c([N+](=O)[O-])c2)c1C. The van der Waals surface area contributed by atoms with Gasteiger partial charge in [-0.25, -0.2) is 12.7 Å². The van der Waals surface area contributed by atoms with Gasteiger partial charge in [0, 0.05) is 37.0 Å². The molecule has 0 radical (unpaired) electrons. The van der Waals surface area contributed by atoms with Crippen molar-refractivity contribution < 1.29 is 18.1 Å². The number of nitrogens with zero attached hydrogens (tertiary/aromatic N) is 2. The smallest absolute Gasteiger partial charge is 0.273 e. The second kappa shape index (κ2) is 8.16. The molecule has 1 N–H and O–H groups in total. The number of nitrogens with one attached hydrogen (secondary N) is 1. The second-order valence-corrected chi connectivity index (χ2v) is 10.5. The summed E-state index contributed by atoms with van der Waals surface area (Å²) in [7, 11) is -0.828. The molecule has 0 spiro atoms.